The second kappa shape index (κ2) is 8.63. The van der Waals surface area contributed by atoms with E-state index in [1.54, 1.807) is 0 Å². The van der Waals surface area contributed by atoms with Crippen LogP contribution in [-0.4, -0.2) is 44.6 Å². The quantitative estimate of drug-likeness (QED) is 0.480. The average molecular weight is 232 g/mol. The first-order chi connectivity index (χ1) is 7.33. The lowest BCUT2D eigenvalue weighted by Crippen LogP contribution is -2.37. The fourth-order valence-electron chi connectivity index (χ4n) is 0.736. The fourth-order valence-corrected chi connectivity index (χ4v) is 0.736. The molecule has 0 saturated carbocycles. The van der Waals surface area contributed by atoms with E-state index in [1.807, 2.05) is 0 Å². The Morgan fingerprint density at radius 3 is 1.56 bits per heavy atom. The number of hydrogen-bond donors (Lipinski definition) is 4. The average Bonchev–Trinajstić information content (AvgIpc) is 2.19. The second-order valence-electron chi connectivity index (χ2n) is 2.87. The van der Waals surface area contributed by atoms with E-state index < -0.39 is 24.1 Å². The lowest BCUT2D eigenvalue weighted by molar-refractivity contribution is -0.157. The number of aliphatic carboxylic acids is 2. The summed E-state index contributed by atoms with van der Waals surface area (Å²) in [6.45, 7) is 5.93. The highest BCUT2D eigenvalue weighted by atomic mass is 16.4. The zero-order chi connectivity index (χ0) is 13.2. The van der Waals surface area contributed by atoms with Gasteiger partial charge in [-0.3, -0.25) is 0 Å². The molecule has 0 atom stereocenters. The van der Waals surface area contributed by atoms with Crippen molar-refractivity contribution < 1.29 is 30.0 Å². The number of carboxylic acids is 2. The summed E-state index contributed by atoms with van der Waals surface area (Å²) in [4.78, 5) is 19.6. The van der Waals surface area contributed by atoms with Crippen LogP contribution in [0.1, 0.15) is 12.8 Å². The topological polar surface area (TPSA) is 115 Å². The Balaban J connectivity index is 0. The van der Waals surface area contributed by atoms with Crippen LogP contribution in [0.25, 0.3) is 0 Å². The number of aliphatic hydroxyl groups is 2. The minimum Gasteiger partial charge on any atom is -0.480 e. The van der Waals surface area contributed by atoms with Crippen LogP contribution >= 0.6 is 0 Å². The van der Waals surface area contributed by atoms with Crippen LogP contribution < -0.4 is 0 Å². The summed E-state index contributed by atoms with van der Waals surface area (Å²) in [5.41, 5.74) is -1.72. The predicted molar refractivity (Wildman–Crippen MR) is 56.9 cm³/mol. The van der Waals surface area contributed by atoms with Gasteiger partial charge in [0.1, 0.15) is 6.61 Å². The van der Waals surface area contributed by atoms with Gasteiger partial charge in [-0.25, -0.2) is 9.59 Å². The van der Waals surface area contributed by atoms with Crippen molar-refractivity contribution in [2.75, 3.05) is 6.61 Å². The predicted octanol–water partition coefficient (Wildman–Crippen LogP) is 0.0176. The first-order valence-corrected chi connectivity index (χ1v) is 4.34. The number of carbonyl (C=O) groups is 2. The number of hydrogen-bond acceptors (Lipinski definition) is 4. The zero-order valence-corrected chi connectivity index (χ0v) is 8.80. The highest BCUT2D eigenvalue weighted by Gasteiger charge is 2.32. The second-order valence-corrected chi connectivity index (χ2v) is 2.87. The van der Waals surface area contributed by atoms with E-state index in [1.165, 1.54) is 12.2 Å². The maximum Gasteiger partial charge on any atom is 0.336 e. The minimum atomic E-state index is -1.72. The van der Waals surface area contributed by atoms with Gasteiger partial charge >= 0.3 is 11.9 Å². The summed E-state index contributed by atoms with van der Waals surface area (Å²) in [5, 5.41) is 32.9. The van der Waals surface area contributed by atoms with E-state index in [-0.39, 0.29) is 12.8 Å². The van der Waals surface area contributed by atoms with E-state index in [9.17, 15) is 9.90 Å². The van der Waals surface area contributed by atoms with Crippen molar-refractivity contribution in [3.8, 4) is 0 Å². The van der Waals surface area contributed by atoms with Crippen LogP contribution in [0.5, 0.6) is 0 Å². The molecule has 92 valence electrons. The lowest BCUT2D eigenvalue weighted by Gasteiger charge is -2.19. The molecule has 0 aliphatic heterocycles. The molecule has 0 aromatic rings. The smallest absolute Gasteiger partial charge is 0.336 e. The van der Waals surface area contributed by atoms with Gasteiger partial charge in [-0.15, -0.1) is 13.2 Å². The van der Waals surface area contributed by atoms with Crippen LogP contribution in [0.2, 0.25) is 0 Å². The van der Waals surface area contributed by atoms with E-state index in [4.69, 9.17) is 20.1 Å². The third-order valence-electron chi connectivity index (χ3n) is 1.50. The molecule has 0 heterocycles. The number of aliphatic hydroxyl groups excluding tert-OH is 1. The Morgan fingerprint density at radius 2 is 1.44 bits per heavy atom. The van der Waals surface area contributed by atoms with Gasteiger partial charge in [0.2, 0.25) is 0 Å². The van der Waals surface area contributed by atoms with Crippen molar-refractivity contribution in [3.63, 3.8) is 0 Å². The standard InChI is InChI=1S/C8H12O3.C2H4O3/c1-3-5-8(11,6-4-2)7(9)10;3-1-2(4)5/h3-4,11H,1-2,5-6H2,(H,9,10);3H,1H2,(H,4,5). The van der Waals surface area contributed by atoms with Crippen LogP contribution in [0, 0.1) is 0 Å². The van der Waals surface area contributed by atoms with Gasteiger partial charge in [0, 0.05) is 12.8 Å². The van der Waals surface area contributed by atoms with Gasteiger partial charge in [0.15, 0.2) is 5.60 Å². The zero-order valence-electron chi connectivity index (χ0n) is 8.80. The van der Waals surface area contributed by atoms with Crippen LogP contribution in [-0.2, 0) is 9.59 Å². The van der Waals surface area contributed by atoms with Gasteiger partial charge in [-0.05, 0) is 0 Å². The molecule has 16 heavy (non-hydrogen) atoms. The van der Waals surface area contributed by atoms with Gasteiger partial charge in [-0.2, -0.15) is 0 Å². The summed E-state index contributed by atoms with van der Waals surface area (Å²) >= 11 is 0. The Kier molecular flexibility index (Phi) is 9.04. The molecule has 0 spiro atoms. The van der Waals surface area contributed by atoms with Crippen molar-refractivity contribution >= 4 is 11.9 Å². The maximum atomic E-state index is 10.5. The van der Waals surface area contributed by atoms with E-state index in [2.05, 4.69) is 13.2 Å². The summed E-state index contributed by atoms with van der Waals surface area (Å²) in [6, 6.07) is 0. The first-order valence-electron chi connectivity index (χ1n) is 4.34. The van der Waals surface area contributed by atoms with Crippen LogP contribution in [0.4, 0.5) is 0 Å². The van der Waals surface area contributed by atoms with E-state index in [0.29, 0.717) is 0 Å². The molecule has 0 aromatic carbocycles. The molecule has 0 radical (unpaired) electrons. The Morgan fingerprint density at radius 1 is 1.12 bits per heavy atom. The number of carboxylic acid groups (broad SMARTS) is 2. The number of rotatable bonds is 6. The molecule has 6 heteroatoms. The van der Waals surface area contributed by atoms with Crippen molar-refractivity contribution in [2.45, 2.75) is 18.4 Å². The molecule has 0 amide bonds. The summed E-state index contributed by atoms with van der Waals surface area (Å²) in [5.74, 6) is -2.43. The molecule has 0 unspecified atom stereocenters. The Hall–Kier alpha value is -1.66. The largest absolute Gasteiger partial charge is 0.480 e. The summed E-state index contributed by atoms with van der Waals surface area (Å²) in [6.07, 6.45) is 2.82. The monoisotopic (exact) mass is 232 g/mol. The molecule has 0 aliphatic rings. The molecular formula is C10H16O6. The molecule has 0 saturated heterocycles. The normalized spacial score (nSPS) is 9.62. The van der Waals surface area contributed by atoms with Gasteiger partial charge in [0.05, 0.1) is 0 Å². The van der Waals surface area contributed by atoms with Crippen molar-refractivity contribution in [1.82, 2.24) is 0 Å². The highest BCUT2D eigenvalue weighted by molar-refractivity contribution is 5.77. The molecule has 0 rings (SSSR count). The third-order valence-corrected chi connectivity index (χ3v) is 1.50. The van der Waals surface area contributed by atoms with Crippen molar-refractivity contribution in [1.29, 1.82) is 0 Å². The summed E-state index contributed by atoms with van der Waals surface area (Å²) < 4.78 is 0. The van der Waals surface area contributed by atoms with E-state index in [0.717, 1.165) is 0 Å². The summed E-state index contributed by atoms with van der Waals surface area (Å²) in [7, 11) is 0. The highest BCUT2D eigenvalue weighted by Crippen LogP contribution is 2.16. The molecule has 0 aliphatic carbocycles. The first kappa shape index (κ1) is 16.8. The van der Waals surface area contributed by atoms with Gasteiger partial charge in [0.25, 0.3) is 0 Å². The lowest BCUT2D eigenvalue weighted by atomic mass is 9.96. The van der Waals surface area contributed by atoms with Crippen LogP contribution in [0.15, 0.2) is 25.3 Å². The molecular weight excluding hydrogens is 216 g/mol. The van der Waals surface area contributed by atoms with Crippen LogP contribution in [0.3, 0.4) is 0 Å². The minimum absolute atomic E-state index is 0.0361. The molecule has 0 bridgehead atoms. The molecule has 0 fully saturated rings. The SMILES string of the molecule is C=CCC(O)(CC=C)C(=O)O.O=C(O)CO. The maximum absolute atomic E-state index is 10.5. The third kappa shape index (κ3) is 7.72. The van der Waals surface area contributed by atoms with Gasteiger partial charge < -0.3 is 20.4 Å². The Bertz CT molecular complexity index is 248. The Labute approximate surface area is 93.2 Å². The van der Waals surface area contributed by atoms with Crippen molar-refractivity contribution in [3.05, 3.63) is 25.3 Å². The molecule has 6 nitrogen and oxygen atoms in total. The van der Waals surface area contributed by atoms with Gasteiger partial charge in [-0.1, -0.05) is 12.2 Å². The fraction of sp³-hybridized carbons (Fsp3) is 0.400. The van der Waals surface area contributed by atoms with E-state index >= 15 is 0 Å². The molecule has 4 N–H and O–H groups in total. The molecule has 0 aromatic heterocycles. The van der Waals surface area contributed by atoms with Crippen molar-refractivity contribution in [2.24, 2.45) is 0 Å².